The molecule has 3 heterocycles. The van der Waals surface area contributed by atoms with E-state index in [1.165, 1.54) is 15.6 Å². The van der Waals surface area contributed by atoms with Gasteiger partial charge in [0.25, 0.3) is 0 Å². The van der Waals surface area contributed by atoms with Crippen molar-refractivity contribution in [3.8, 4) is 0 Å². The number of amides is 3. The number of hydrogen-bond donors (Lipinski definition) is 1. The van der Waals surface area contributed by atoms with Gasteiger partial charge >= 0.3 is 11.8 Å². The lowest BCUT2D eigenvalue weighted by Crippen LogP contribution is -2.52. The Bertz CT molecular complexity index is 1070. The highest BCUT2D eigenvalue weighted by atomic mass is 16.6. The largest absolute Gasteiger partial charge is 0.450 e. The van der Waals surface area contributed by atoms with Crippen LogP contribution in [0.4, 0.5) is 16.2 Å². The molecular weight excluding hydrogens is 448 g/mol. The molecular formula is C20H28N8O6. The maximum atomic E-state index is 13.0. The summed E-state index contributed by atoms with van der Waals surface area (Å²) < 4.78 is 7.68. The molecule has 0 bridgehead atoms. The summed E-state index contributed by atoms with van der Waals surface area (Å²) in [7, 11) is 0. The van der Waals surface area contributed by atoms with E-state index in [1.807, 2.05) is 0 Å². The van der Waals surface area contributed by atoms with Gasteiger partial charge in [-0.3, -0.25) is 29.1 Å². The summed E-state index contributed by atoms with van der Waals surface area (Å²) in [5.74, 6) is -0.587. The van der Waals surface area contributed by atoms with Crippen LogP contribution in [-0.2, 0) is 14.3 Å². The van der Waals surface area contributed by atoms with Crippen LogP contribution in [0.25, 0.3) is 0 Å². The molecule has 0 radical (unpaired) electrons. The van der Waals surface area contributed by atoms with E-state index in [2.05, 4.69) is 15.5 Å². The Morgan fingerprint density at radius 1 is 1.12 bits per heavy atom. The number of nitrogens with one attached hydrogen (secondary N) is 1. The Morgan fingerprint density at radius 3 is 2.35 bits per heavy atom. The Balaban J connectivity index is 1.61. The number of aryl methyl sites for hydroxylation is 1. The highest BCUT2D eigenvalue weighted by Crippen LogP contribution is 2.21. The van der Waals surface area contributed by atoms with E-state index in [0.717, 1.165) is 6.20 Å². The predicted molar refractivity (Wildman–Crippen MR) is 119 cm³/mol. The first kappa shape index (κ1) is 24.7. The predicted octanol–water partition coefficient (Wildman–Crippen LogP) is 1.36. The molecule has 2 aromatic rings. The van der Waals surface area contributed by atoms with Crippen LogP contribution >= 0.6 is 0 Å². The van der Waals surface area contributed by atoms with Crippen molar-refractivity contribution >= 4 is 29.3 Å². The number of rotatable bonds is 7. The molecule has 3 amide bonds. The molecule has 0 saturated carbocycles. The van der Waals surface area contributed by atoms with Crippen LogP contribution in [0.1, 0.15) is 38.5 Å². The Kier molecular flexibility index (Phi) is 7.48. The highest BCUT2D eigenvalue weighted by molar-refractivity contribution is 5.93. The topological polar surface area (TPSA) is 158 Å². The molecule has 1 saturated heterocycles. The number of carbonyl (C=O) groups is 3. The molecule has 34 heavy (non-hydrogen) atoms. The SMILES string of the molecule is CCOC(=O)N1CCN(C(=O)C(C)n2cc(NC(=O)C(C)n3cc([N+](=O)[O-])cn3)c(C)n2)CC1. The van der Waals surface area contributed by atoms with Crippen molar-refractivity contribution in [2.75, 3.05) is 38.1 Å². The Morgan fingerprint density at radius 2 is 1.76 bits per heavy atom. The zero-order chi connectivity index (χ0) is 25.0. The van der Waals surface area contributed by atoms with Gasteiger partial charge in [0.1, 0.15) is 24.5 Å². The minimum atomic E-state index is -0.800. The van der Waals surface area contributed by atoms with Gasteiger partial charge in [-0.05, 0) is 27.7 Å². The van der Waals surface area contributed by atoms with Crippen LogP contribution in [0.3, 0.4) is 0 Å². The van der Waals surface area contributed by atoms with Gasteiger partial charge < -0.3 is 19.9 Å². The smallest absolute Gasteiger partial charge is 0.409 e. The second-order valence-electron chi connectivity index (χ2n) is 7.90. The van der Waals surface area contributed by atoms with Gasteiger partial charge in [0, 0.05) is 32.4 Å². The number of hydrogen-bond acceptors (Lipinski definition) is 8. The van der Waals surface area contributed by atoms with Crippen molar-refractivity contribution < 1.29 is 24.0 Å². The molecule has 2 aromatic heterocycles. The van der Waals surface area contributed by atoms with Crippen molar-refractivity contribution in [2.45, 2.75) is 39.8 Å². The van der Waals surface area contributed by atoms with Crippen LogP contribution in [-0.4, -0.2) is 85.0 Å². The molecule has 1 aliphatic rings. The first-order valence-electron chi connectivity index (χ1n) is 10.9. The van der Waals surface area contributed by atoms with Gasteiger partial charge in [-0.25, -0.2) is 4.79 Å². The number of ether oxygens (including phenoxy) is 1. The number of piperazine rings is 1. The first-order chi connectivity index (χ1) is 16.1. The summed E-state index contributed by atoms with van der Waals surface area (Å²) in [6, 6.07) is -1.42. The van der Waals surface area contributed by atoms with E-state index in [0.29, 0.717) is 44.2 Å². The lowest BCUT2D eigenvalue weighted by molar-refractivity contribution is -0.385. The fourth-order valence-electron chi connectivity index (χ4n) is 3.50. The fourth-order valence-corrected chi connectivity index (χ4v) is 3.50. The lowest BCUT2D eigenvalue weighted by atomic mass is 10.2. The zero-order valence-corrected chi connectivity index (χ0v) is 19.5. The van der Waals surface area contributed by atoms with Crippen LogP contribution in [0.2, 0.25) is 0 Å². The molecule has 0 aromatic carbocycles. The second kappa shape index (κ2) is 10.3. The van der Waals surface area contributed by atoms with Gasteiger partial charge in [0.05, 0.1) is 22.9 Å². The molecule has 184 valence electrons. The maximum absolute atomic E-state index is 13.0. The summed E-state index contributed by atoms with van der Waals surface area (Å²) in [5, 5.41) is 21.8. The summed E-state index contributed by atoms with van der Waals surface area (Å²) >= 11 is 0. The van der Waals surface area contributed by atoms with Crippen molar-refractivity contribution in [1.82, 2.24) is 29.4 Å². The molecule has 2 atom stereocenters. The normalized spacial score (nSPS) is 15.5. The van der Waals surface area contributed by atoms with Crippen LogP contribution in [0.5, 0.6) is 0 Å². The minimum Gasteiger partial charge on any atom is -0.450 e. The quantitative estimate of drug-likeness (QED) is 0.463. The van der Waals surface area contributed by atoms with Crippen LogP contribution in [0.15, 0.2) is 18.6 Å². The maximum Gasteiger partial charge on any atom is 0.409 e. The van der Waals surface area contributed by atoms with E-state index < -0.39 is 22.9 Å². The first-order valence-corrected chi connectivity index (χ1v) is 10.9. The molecule has 1 fully saturated rings. The number of nitrogens with zero attached hydrogens (tertiary/aromatic N) is 7. The third-order valence-electron chi connectivity index (χ3n) is 5.62. The molecule has 2 unspecified atom stereocenters. The van der Waals surface area contributed by atoms with Gasteiger partial charge in [0.2, 0.25) is 11.8 Å². The third kappa shape index (κ3) is 5.32. The molecule has 0 aliphatic carbocycles. The second-order valence-corrected chi connectivity index (χ2v) is 7.90. The monoisotopic (exact) mass is 476 g/mol. The van der Waals surface area contributed by atoms with Gasteiger partial charge in [-0.15, -0.1) is 0 Å². The van der Waals surface area contributed by atoms with Crippen LogP contribution < -0.4 is 5.32 Å². The van der Waals surface area contributed by atoms with Crippen molar-refractivity contribution in [3.63, 3.8) is 0 Å². The average Bonchev–Trinajstić information content (AvgIpc) is 3.45. The minimum absolute atomic E-state index is 0.152. The number of aromatic nitrogens is 4. The molecule has 1 aliphatic heterocycles. The number of carbonyl (C=O) groups excluding carboxylic acids is 3. The van der Waals surface area contributed by atoms with E-state index >= 15 is 0 Å². The fraction of sp³-hybridized carbons (Fsp3) is 0.550. The Labute approximate surface area is 195 Å². The summed E-state index contributed by atoms with van der Waals surface area (Å²) in [5.41, 5.74) is 0.725. The summed E-state index contributed by atoms with van der Waals surface area (Å²) in [6.45, 7) is 8.57. The molecule has 1 N–H and O–H groups in total. The summed E-state index contributed by atoms with van der Waals surface area (Å²) in [4.78, 5) is 50.9. The summed E-state index contributed by atoms with van der Waals surface area (Å²) in [6.07, 6.45) is 3.45. The third-order valence-corrected chi connectivity index (χ3v) is 5.62. The van der Waals surface area contributed by atoms with E-state index in [-0.39, 0.29) is 17.7 Å². The number of nitro groups is 1. The van der Waals surface area contributed by atoms with Gasteiger partial charge in [0.15, 0.2) is 0 Å². The van der Waals surface area contributed by atoms with E-state index in [1.54, 1.807) is 43.7 Å². The van der Waals surface area contributed by atoms with Gasteiger partial charge in [-0.2, -0.15) is 10.2 Å². The molecule has 0 spiro atoms. The van der Waals surface area contributed by atoms with Gasteiger partial charge in [-0.1, -0.05) is 0 Å². The molecule has 14 heteroatoms. The zero-order valence-electron chi connectivity index (χ0n) is 19.5. The highest BCUT2D eigenvalue weighted by Gasteiger charge is 2.29. The van der Waals surface area contributed by atoms with Crippen molar-refractivity contribution in [3.05, 3.63) is 34.4 Å². The molecule has 3 rings (SSSR count). The lowest BCUT2D eigenvalue weighted by Gasteiger charge is -2.35. The number of anilines is 1. The molecule has 14 nitrogen and oxygen atoms in total. The van der Waals surface area contributed by atoms with Crippen LogP contribution in [0, 0.1) is 17.0 Å². The van der Waals surface area contributed by atoms with Crippen molar-refractivity contribution in [2.24, 2.45) is 0 Å². The van der Waals surface area contributed by atoms with E-state index in [4.69, 9.17) is 4.74 Å². The van der Waals surface area contributed by atoms with E-state index in [9.17, 15) is 24.5 Å². The van der Waals surface area contributed by atoms with Crippen molar-refractivity contribution in [1.29, 1.82) is 0 Å². The standard InChI is InChI=1S/C20H28N8O6/c1-5-34-20(31)25-8-6-24(7-9-25)19(30)15(4)27-12-17(13(2)23-27)22-18(29)14(3)26-11-16(10-21-26)28(32)33/h10-12,14-15H,5-9H2,1-4H3,(H,22,29). The average molecular weight is 476 g/mol. The Hall–Kier alpha value is -3.97.